The van der Waals surface area contributed by atoms with Crippen LogP contribution in [0.5, 0.6) is 0 Å². The number of rotatable bonds is 14. The van der Waals surface area contributed by atoms with E-state index in [1.54, 1.807) is 21.4 Å². The van der Waals surface area contributed by atoms with E-state index in [2.05, 4.69) is 19.1 Å². The maximum Gasteiger partial charge on any atom is 0.346 e. The lowest BCUT2D eigenvalue weighted by Gasteiger charge is -2.09. The first-order valence-corrected chi connectivity index (χ1v) is 13.7. The van der Waals surface area contributed by atoms with Crippen molar-refractivity contribution < 1.29 is 9.90 Å². The molecule has 198 valence electrons. The third kappa shape index (κ3) is 7.09. The highest BCUT2D eigenvalue weighted by Gasteiger charge is 2.15. The lowest BCUT2D eigenvalue weighted by atomic mass is 9.99. The highest BCUT2D eigenvalue weighted by Crippen LogP contribution is 2.24. The molecule has 0 bridgehead atoms. The van der Waals surface area contributed by atoms with Crippen LogP contribution in [0.15, 0.2) is 83.7 Å². The molecule has 3 aromatic carbocycles. The summed E-state index contributed by atoms with van der Waals surface area (Å²) in [4.78, 5) is 25.0. The second kappa shape index (κ2) is 13.6. The number of hydrogen-bond donors (Lipinski definition) is 1. The van der Waals surface area contributed by atoms with Gasteiger partial charge in [0, 0.05) is 6.42 Å². The van der Waals surface area contributed by atoms with Crippen LogP contribution in [-0.4, -0.2) is 25.4 Å². The summed E-state index contributed by atoms with van der Waals surface area (Å²) in [5, 5.41) is 14.3. The summed E-state index contributed by atoms with van der Waals surface area (Å²) in [6, 6.07) is 25.0. The van der Waals surface area contributed by atoms with Crippen LogP contribution >= 0.6 is 0 Å². The van der Waals surface area contributed by atoms with Crippen molar-refractivity contribution in [2.24, 2.45) is 0 Å². The molecule has 0 atom stereocenters. The average Bonchev–Trinajstić information content (AvgIpc) is 3.24. The van der Waals surface area contributed by atoms with Crippen molar-refractivity contribution in [2.45, 2.75) is 71.4 Å². The second-order valence-corrected chi connectivity index (χ2v) is 9.81. The van der Waals surface area contributed by atoms with Gasteiger partial charge in [-0.05, 0) is 41.2 Å². The minimum atomic E-state index is -0.946. The van der Waals surface area contributed by atoms with Gasteiger partial charge in [-0.25, -0.2) is 14.3 Å². The third-order valence-corrected chi connectivity index (χ3v) is 6.97. The molecule has 38 heavy (non-hydrogen) atoms. The van der Waals surface area contributed by atoms with Gasteiger partial charge < -0.3 is 5.11 Å². The number of aromatic nitrogens is 3. The summed E-state index contributed by atoms with van der Waals surface area (Å²) in [5.74, 6) is -0.114. The van der Waals surface area contributed by atoms with E-state index in [-0.39, 0.29) is 11.3 Å². The summed E-state index contributed by atoms with van der Waals surface area (Å²) in [7, 11) is 0. The van der Waals surface area contributed by atoms with Gasteiger partial charge in [-0.1, -0.05) is 112 Å². The molecular weight excluding hydrogens is 474 g/mol. The number of hydrogen-bond acceptors (Lipinski definition) is 3. The minimum Gasteiger partial charge on any atom is -0.478 e. The molecule has 0 amide bonds. The smallest absolute Gasteiger partial charge is 0.346 e. The first kappa shape index (κ1) is 27.1. The SMILES string of the molecule is CCCCCCCCc1nn(CCc2ccccc2)c(=O)n1Cc1ccc(-c2ccccc2C(=O)O)cc1. The van der Waals surface area contributed by atoms with E-state index < -0.39 is 5.97 Å². The number of aromatic carboxylic acids is 1. The Morgan fingerprint density at radius 3 is 2.21 bits per heavy atom. The summed E-state index contributed by atoms with van der Waals surface area (Å²) >= 11 is 0. The molecular formula is C32H37N3O3. The van der Waals surface area contributed by atoms with Gasteiger partial charge in [0.25, 0.3) is 0 Å². The first-order valence-electron chi connectivity index (χ1n) is 13.7. The molecule has 4 aromatic rings. The highest BCUT2D eigenvalue weighted by atomic mass is 16.4. The van der Waals surface area contributed by atoms with E-state index in [1.165, 1.54) is 31.2 Å². The molecule has 0 aliphatic carbocycles. The van der Waals surface area contributed by atoms with Crippen LogP contribution in [0.4, 0.5) is 0 Å². The van der Waals surface area contributed by atoms with E-state index in [9.17, 15) is 14.7 Å². The van der Waals surface area contributed by atoms with Gasteiger partial charge in [-0.3, -0.25) is 4.57 Å². The van der Waals surface area contributed by atoms with Gasteiger partial charge >= 0.3 is 11.7 Å². The number of nitrogens with zero attached hydrogens (tertiary/aromatic N) is 3. The van der Waals surface area contributed by atoms with Crippen molar-refractivity contribution in [3.63, 3.8) is 0 Å². The molecule has 0 spiro atoms. The average molecular weight is 512 g/mol. The van der Waals surface area contributed by atoms with E-state index in [1.807, 2.05) is 54.6 Å². The fraction of sp³-hybridized carbons (Fsp3) is 0.344. The zero-order chi connectivity index (χ0) is 26.7. The second-order valence-electron chi connectivity index (χ2n) is 9.81. The zero-order valence-corrected chi connectivity index (χ0v) is 22.2. The summed E-state index contributed by atoms with van der Waals surface area (Å²) in [6.07, 6.45) is 8.66. The number of benzene rings is 3. The maximum absolute atomic E-state index is 13.4. The van der Waals surface area contributed by atoms with Crippen LogP contribution in [0.3, 0.4) is 0 Å². The van der Waals surface area contributed by atoms with Crippen LogP contribution in [0, 0.1) is 0 Å². The quantitative estimate of drug-likeness (QED) is 0.193. The molecule has 0 aliphatic rings. The molecule has 0 fully saturated rings. The van der Waals surface area contributed by atoms with E-state index in [4.69, 9.17) is 5.10 Å². The fourth-order valence-electron chi connectivity index (χ4n) is 4.81. The van der Waals surface area contributed by atoms with Gasteiger partial charge in [0.2, 0.25) is 0 Å². The number of carbonyl (C=O) groups is 1. The minimum absolute atomic E-state index is 0.0813. The van der Waals surface area contributed by atoms with Gasteiger partial charge in [0.05, 0.1) is 18.7 Å². The summed E-state index contributed by atoms with van der Waals surface area (Å²) in [5.41, 5.74) is 3.88. The molecule has 0 unspecified atom stereocenters. The molecule has 4 rings (SSSR count). The lowest BCUT2D eigenvalue weighted by molar-refractivity contribution is 0.0697. The topological polar surface area (TPSA) is 77.1 Å². The molecule has 0 saturated heterocycles. The standard InChI is InChI=1S/C32H37N3O3/c1-2-3-4-5-6-10-17-30-33-35(23-22-25-13-8-7-9-14-25)32(38)34(30)24-26-18-20-27(21-19-26)28-15-11-12-16-29(28)31(36)37/h7-9,11-16,18-21H,2-6,10,17,22-24H2,1H3,(H,36,37). The third-order valence-electron chi connectivity index (χ3n) is 6.97. The predicted molar refractivity (Wildman–Crippen MR) is 152 cm³/mol. The fourth-order valence-corrected chi connectivity index (χ4v) is 4.81. The molecule has 1 N–H and O–H groups in total. The normalized spacial score (nSPS) is 11.1. The van der Waals surface area contributed by atoms with E-state index in [0.29, 0.717) is 18.7 Å². The monoisotopic (exact) mass is 511 g/mol. The van der Waals surface area contributed by atoms with Crippen LogP contribution in [-0.2, 0) is 25.9 Å². The molecule has 6 nitrogen and oxygen atoms in total. The van der Waals surface area contributed by atoms with Crippen LogP contribution < -0.4 is 5.69 Å². The Labute approximate surface area is 224 Å². The Balaban J connectivity index is 1.52. The Morgan fingerprint density at radius 1 is 0.789 bits per heavy atom. The van der Waals surface area contributed by atoms with Crippen molar-refractivity contribution in [3.05, 3.63) is 112 Å². The number of carboxylic acids is 1. The molecule has 0 aliphatic heterocycles. The number of carboxylic acid groups (broad SMARTS) is 1. The van der Waals surface area contributed by atoms with Crippen LogP contribution in [0.2, 0.25) is 0 Å². The molecule has 1 aromatic heterocycles. The lowest BCUT2D eigenvalue weighted by Crippen LogP contribution is -2.26. The molecule has 0 saturated carbocycles. The summed E-state index contributed by atoms with van der Waals surface area (Å²) < 4.78 is 3.41. The van der Waals surface area contributed by atoms with Crippen molar-refractivity contribution in [1.82, 2.24) is 14.3 Å². The van der Waals surface area contributed by atoms with Crippen LogP contribution in [0.1, 0.15) is 72.8 Å². The van der Waals surface area contributed by atoms with Crippen molar-refractivity contribution in [2.75, 3.05) is 0 Å². The highest BCUT2D eigenvalue weighted by molar-refractivity contribution is 5.95. The van der Waals surface area contributed by atoms with Gasteiger partial charge in [-0.15, -0.1) is 0 Å². The molecule has 1 heterocycles. The largest absolute Gasteiger partial charge is 0.478 e. The Bertz CT molecular complexity index is 1370. The Hall–Kier alpha value is -3.93. The van der Waals surface area contributed by atoms with Gasteiger partial charge in [-0.2, -0.15) is 5.10 Å². The Kier molecular flexibility index (Phi) is 9.68. The molecule has 0 radical (unpaired) electrons. The summed E-state index contributed by atoms with van der Waals surface area (Å²) in [6.45, 7) is 3.21. The van der Waals surface area contributed by atoms with E-state index in [0.717, 1.165) is 42.6 Å². The predicted octanol–water partition coefficient (Wildman–Crippen LogP) is 6.60. The van der Waals surface area contributed by atoms with E-state index >= 15 is 0 Å². The first-order chi connectivity index (χ1) is 18.6. The number of aryl methyl sites for hydroxylation is 3. The molecule has 6 heteroatoms. The zero-order valence-electron chi connectivity index (χ0n) is 22.2. The van der Waals surface area contributed by atoms with Gasteiger partial charge in [0.1, 0.15) is 5.82 Å². The van der Waals surface area contributed by atoms with Crippen molar-refractivity contribution in [3.8, 4) is 11.1 Å². The van der Waals surface area contributed by atoms with Crippen LogP contribution in [0.25, 0.3) is 11.1 Å². The van der Waals surface area contributed by atoms with Crippen molar-refractivity contribution in [1.29, 1.82) is 0 Å². The van der Waals surface area contributed by atoms with Crippen molar-refractivity contribution >= 4 is 5.97 Å². The maximum atomic E-state index is 13.4. The van der Waals surface area contributed by atoms with Gasteiger partial charge in [0.15, 0.2) is 0 Å². The number of unbranched alkanes of at least 4 members (excludes halogenated alkanes) is 5. The Morgan fingerprint density at radius 2 is 1.47 bits per heavy atom.